The standard InChI is InChI=1S/C12H23NO3/c1-3-4-6-10(12(14)15)13-9-7-5-8-11(9)16-2/h9-11,13H,3-8H2,1-2H3,(H,14,15). The summed E-state index contributed by atoms with van der Waals surface area (Å²) in [5.41, 5.74) is 0. The lowest BCUT2D eigenvalue weighted by atomic mass is 10.1. The summed E-state index contributed by atoms with van der Waals surface area (Å²) in [7, 11) is 1.70. The zero-order valence-electron chi connectivity index (χ0n) is 10.2. The summed E-state index contributed by atoms with van der Waals surface area (Å²) in [5.74, 6) is -0.741. The third-order valence-electron chi connectivity index (χ3n) is 3.32. The lowest BCUT2D eigenvalue weighted by Gasteiger charge is -2.24. The number of ether oxygens (including phenoxy) is 1. The largest absolute Gasteiger partial charge is 0.480 e. The van der Waals surface area contributed by atoms with E-state index in [9.17, 15) is 4.79 Å². The topological polar surface area (TPSA) is 58.6 Å². The first-order chi connectivity index (χ1) is 7.69. The highest BCUT2D eigenvalue weighted by atomic mass is 16.5. The second kappa shape index (κ2) is 6.86. The monoisotopic (exact) mass is 229 g/mol. The average Bonchev–Trinajstić information content (AvgIpc) is 2.70. The highest BCUT2D eigenvalue weighted by Gasteiger charge is 2.30. The fraction of sp³-hybridized carbons (Fsp3) is 0.917. The van der Waals surface area contributed by atoms with E-state index in [0.29, 0.717) is 6.42 Å². The summed E-state index contributed by atoms with van der Waals surface area (Å²) in [5, 5.41) is 12.3. The molecule has 1 fully saturated rings. The van der Waals surface area contributed by atoms with Crippen LogP contribution in [0.1, 0.15) is 45.4 Å². The smallest absolute Gasteiger partial charge is 0.320 e. The maximum atomic E-state index is 11.1. The Morgan fingerprint density at radius 1 is 1.56 bits per heavy atom. The van der Waals surface area contributed by atoms with Crippen molar-refractivity contribution in [3.8, 4) is 0 Å². The summed E-state index contributed by atoms with van der Waals surface area (Å²) in [6.07, 6.45) is 6.05. The van der Waals surface area contributed by atoms with Crippen LogP contribution in [0, 0.1) is 0 Å². The Labute approximate surface area is 97.4 Å². The Kier molecular flexibility index (Phi) is 5.77. The zero-order chi connectivity index (χ0) is 12.0. The lowest BCUT2D eigenvalue weighted by molar-refractivity contribution is -0.140. The number of hydrogen-bond acceptors (Lipinski definition) is 3. The van der Waals surface area contributed by atoms with Gasteiger partial charge in [0.1, 0.15) is 6.04 Å². The number of carboxylic acids is 1. The SMILES string of the molecule is CCCCC(NC1CCCC1OC)C(=O)O. The number of methoxy groups -OCH3 is 1. The first-order valence-corrected chi connectivity index (χ1v) is 6.20. The molecule has 1 aliphatic rings. The summed E-state index contributed by atoms with van der Waals surface area (Å²) < 4.78 is 5.35. The van der Waals surface area contributed by atoms with Crippen molar-refractivity contribution in [3.63, 3.8) is 0 Å². The van der Waals surface area contributed by atoms with Crippen molar-refractivity contribution in [2.75, 3.05) is 7.11 Å². The van der Waals surface area contributed by atoms with Crippen molar-refractivity contribution >= 4 is 5.97 Å². The van der Waals surface area contributed by atoms with Gasteiger partial charge in [0.25, 0.3) is 0 Å². The quantitative estimate of drug-likeness (QED) is 0.698. The van der Waals surface area contributed by atoms with Crippen LogP contribution in [-0.4, -0.2) is 36.4 Å². The zero-order valence-corrected chi connectivity index (χ0v) is 10.2. The van der Waals surface area contributed by atoms with Crippen molar-refractivity contribution in [1.82, 2.24) is 5.32 Å². The molecule has 0 saturated heterocycles. The van der Waals surface area contributed by atoms with Crippen molar-refractivity contribution in [3.05, 3.63) is 0 Å². The molecule has 0 aromatic carbocycles. The molecule has 0 radical (unpaired) electrons. The molecule has 3 unspecified atom stereocenters. The first kappa shape index (κ1) is 13.5. The van der Waals surface area contributed by atoms with E-state index < -0.39 is 12.0 Å². The molecule has 1 rings (SSSR count). The van der Waals surface area contributed by atoms with Gasteiger partial charge in [-0.1, -0.05) is 19.8 Å². The Morgan fingerprint density at radius 2 is 2.31 bits per heavy atom. The third kappa shape index (κ3) is 3.76. The van der Waals surface area contributed by atoms with Crippen molar-refractivity contribution < 1.29 is 14.6 Å². The van der Waals surface area contributed by atoms with Crippen molar-refractivity contribution in [2.24, 2.45) is 0 Å². The third-order valence-corrected chi connectivity index (χ3v) is 3.32. The van der Waals surface area contributed by atoms with E-state index in [1.165, 1.54) is 0 Å². The van der Waals surface area contributed by atoms with Crippen LogP contribution in [0.4, 0.5) is 0 Å². The highest BCUT2D eigenvalue weighted by molar-refractivity contribution is 5.73. The van der Waals surface area contributed by atoms with Gasteiger partial charge in [0.15, 0.2) is 0 Å². The average molecular weight is 229 g/mol. The number of nitrogens with one attached hydrogen (secondary N) is 1. The Balaban J connectivity index is 2.43. The molecule has 2 N–H and O–H groups in total. The van der Waals surface area contributed by atoms with Crippen LogP contribution < -0.4 is 5.32 Å². The molecule has 1 saturated carbocycles. The van der Waals surface area contributed by atoms with E-state index in [1.54, 1.807) is 7.11 Å². The molecule has 16 heavy (non-hydrogen) atoms. The molecule has 94 valence electrons. The molecule has 0 heterocycles. The Hall–Kier alpha value is -0.610. The fourth-order valence-electron chi connectivity index (χ4n) is 2.34. The van der Waals surface area contributed by atoms with Gasteiger partial charge in [0, 0.05) is 13.2 Å². The van der Waals surface area contributed by atoms with Crippen LogP contribution in [0.5, 0.6) is 0 Å². The van der Waals surface area contributed by atoms with Gasteiger partial charge in [0.05, 0.1) is 6.10 Å². The second-order valence-electron chi connectivity index (χ2n) is 4.51. The molecule has 0 aromatic rings. The molecule has 4 nitrogen and oxygen atoms in total. The van der Waals surface area contributed by atoms with E-state index in [-0.39, 0.29) is 12.1 Å². The van der Waals surface area contributed by atoms with Crippen molar-refractivity contribution in [1.29, 1.82) is 0 Å². The Bertz CT molecular complexity index is 220. The van der Waals surface area contributed by atoms with E-state index in [4.69, 9.17) is 9.84 Å². The minimum atomic E-state index is -0.741. The molecule has 4 heteroatoms. The van der Waals surface area contributed by atoms with Crippen LogP contribution in [0.15, 0.2) is 0 Å². The predicted molar refractivity (Wildman–Crippen MR) is 62.5 cm³/mol. The Morgan fingerprint density at radius 3 is 2.88 bits per heavy atom. The van der Waals surface area contributed by atoms with Crippen LogP contribution in [-0.2, 0) is 9.53 Å². The normalized spacial score (nSPS) is 26.9. The molecule has 0 spiro atoms. The minimum Gasteiger partial charge on any atom is -0.480 e. The summed E-state index contributed by atoms with van der Waals surface area (Å²) in [6.45, 7) is 2.08. The van der Waals surface area contributed by atoms with Gasteiger partial charge in [0.2, 0.25) is 0 Å². The molecular formula is C12H23NO3. The number of rotatable bonds is 7. The van der Waals surface area contributed by atoms with Crippen LogP contribution in [0.2, 0.25) is 0 Å². The van der Waals surface area contributed by atoms with E-state index in [0.717, 1.165) is 32.1 Å². The number of carboxylic acid groups (broad SMARTS) is 1. The van der Waals surface area contributed by atoms with E-state index in [2.05, 4.69) is 12.2 Å². The first-order valence-electron chi connectivity index (χ1n) is 6.20. The summed E-state index contributed by atoms with van der Waals surface area (Å²) in [6, 6.07) is -0.205. The summed E-state index contributed by atoms with van der Waals surface area (Å²) in [4.78, 5) is 11.1. The van der Waals surface area contributed by atoms with Gasteiger partial charge in [-0.15, -0.1) is 0 Å². The lowest BCUT2D eigenvalue weighted by Crippen LogP contribution is -2.47. The van der Waals surface area contributed by atoms with Crippen LogP contribution >= 0.6 is 0 Å². The fourth-order valence-corrected chi connectivity index (χ4v) is 2.34. The molecular weight excluding hydrogens is 206 g/mol. The highest BCUT2D eigenvalue weighted by Crippen LogP contribution is 2.22. The van der Waals surface area contributed by atoms with Crippen molar-refractivity contribution in [2.45, 2.75) is 63.6 Å². The van der Waals surface area contributed by atoms with Crippen LogP contribution in [0.3, 0.4) is 0 Å². The maximum Gasteiger partial charge on any atom is 0.320 e. The molecule has 0 amide bonds. The second-order valence-corrected chi connectivity index (χ2v) is 4.51. The van der Waals surface area contributed by atoms with Gasteiger partial charge in [-0.3, -0.25) is 10.1 Å². The van der Waals surface area contributed by atoms with Gasteiger partial charge >= 0.3 is 5.97 Å². The van der Waals surface area contributed by atoms with Gasteiger partial charge in [-0.2, -0.15) is 0 Å². The molecule has 0 aliphatic heterocycles. The summed E-state index contributed by atoms with van der Waals surface area (Å²) >= 11 is 0. The molecule has 3 atom stereocenters. The van der Waals surface area contributed by atoms with Gasteiger partial charge in [-0.25, -0.2) is 0 Å². The van der Waals surface area contributed by atoms with Gasteiger partial charge < -0.3 is 9.84 Å². The molecule has 1 aliphatic carbocycles. The number of hydrogen-bond donors (Lipinski definition) is 2. The number of carbonyl (C=O) groups is 1. The van der Waals surface area contributed by atoms with E-state index in [1.807, 2.05) is 0 Å². The number of unbranched alkanes of at least 4 members (excludes halogenated alkanes) is 1. The minimum absolute atomic E-state index is 0.184. The van der Waals surface area contributed by atoms with Gasteiger partial charge in [-0.05, 0) is 25.7 Å². The molecule has 0 aromatic heterocycles. The number of aliphatic carboxylic acids is 1. The predicted octanol–water partition coefficient (Wildman–Crippen LogP) is 1.79. The maximum absolute atomic E-state index is 11.1. The van der Waals surface area contributed by atoms with E-state index >= 15 is 0 Å². The molecule has 0 bridgehead atoms. The van der Waals surface area contributed by atoms with Crippen LogP contribution in [0.25, 0.3) is 0 Å².